The molecule has 2 amide bonds. The Morgan fingerprint density at radius 3 is 2.17 bits per heavy atom. The highest BCUT2D eigenvalue weighted by molar-refractivity contribution is 6.44. The Bertz CT molecular complexity index is 739. The molecule has 5 heteroatoms. The molecule has 0 atom stereocenters. The number of aryl methyl sites for hydroxylation is 1. The van der Waals surface area contributed by atoms with E-state index in [0.29, 0.717) is 17.1 Å². The second-order valence-corrected chi connectivity index (χ2v) is 5.74. The molecule has 2 rings (SSSR count). The van der Waals surface area contributed by atoms with Gasteiger partial charge in [-0.3, -0.25) is 9.59 Å². The fraction of sp³-hybridized carbons (Fsp3) is 0.222. The van der Waals surface area contributed by atoms with Gasteiger partial charge in [0.25, 0.3) is 0 Å². The zero-order valence-corrected chi connectivity index (χ0v) is 13.5. The number of nitrogens with two attached hydrogens (primary N) is 1. The van der Waals surface area contributed by atoms with Crippen LogP contribution >= 0.6 is 0 Å². The van der Waals surface area contributed by atoms with Gasteiger partial charge in [-0.15, -0.1) is 0 Å². The van der Waals surface area contributed by atoms with Gasteiger partial charge in [0.15, 0.2) is 0 Å². The summed E-state index contributed by atoms with van der Waals surface area (Å²) >= 11 is 0. The topological polar surface area (TPSA) is 84.2 Å². The molecule has 0 aliphatic rings. The lowest BCUT2D eigenvalue weighted by Gasteiger charge is -2.14. The molecule has 5 nitrogen and oxygen atoms in total. The van der Waals surface area contributed by atoms with E-state index in [1.807, 2.05) is 45.0 Å². The number of nitrogen functional groups attached to an aromatic ring is 1. The van der Waals surface area contributed by atoms with E-state index in [1.165, 1.54) is 0 Å². The molecule has 23 heavy (non-hydrogen) atoms. The van der Waals surface area contributed by atoms with Crippen LogP contribution in [-0.2, 0) is 9.59 Å². The van der Waals surface area contributed by atoms with Crippen LogP contribution in [0.2, 0.25) is 0 Å². The van der Waals surface area contributed by atoms with E-state index in [9.17, 15) is 9.59 Å². The summed E-state index contributed by atoms with van der Waals surface area (Å²) in [7, 11) is 0. The predicted octanol–water partition coefficient (Wildman–Crippen LogP) is 3.28. The van der Waals surface area contributed by atoms with Crippen LogP contribution in [-0.4, -0.2) is 11.8 Å². The minimum atomic E-state index is -0.751. The normalized spacial score (nSPS) is 10.4. The molecule has 0 aliphatic carbocycles. The molecule has 2 aromatic carbocycles. The van der Waals surface area contributed by atoms with Gasteiger partial charge < -0.3 is 16.4 Å². The monoisotopic (exact) mass is 311 g/mol. The maximum atomic E-state index is 12.1. The third-order valence-corrected chi connectivity index (χ3v) is 3.49. The minimum Gasteiger partial charge on any atom is -0.397 e. The molecule has 0 radical (unpaired) electrons. The third-order valence-electron chi connectivity index (χ3n) is 3.49. The Kier molecular flexibility index (Phi) is 5.01. The van der Waals surface area contributed by atoms with Gasteiger partial charge in [0.1, 0.15) is 0 Å². The van der Waals surface area contributed by atoms with Crippen LogP contribution in [0.25, 0.3) is 0 Å². The molecular weight excluding hydrogens is 290 g/mol. The summed E-state index contributed by atoms with van der Waals surface area (Å²) in [4.78, 5) is 24.2. The molecule has 0 fully saturated rings. The zero-order valence-electron chi connectivity index (χ0n) is 13.5. The number of hydrogen-bond donors (Lipinski definition) is 3. The van der Waals surface area contributed by atoms with Crippen molar-refractivity contribution in [1.82, 2.24) is 0 Å². The number of carbonyl (C=O) groups is 2. The van der Waals surface area contributed by atoms with Crippen LogP contribution in [0.15, 0.2) is 42.5 Å². The van der Waals surface area contributed by atoms with E-state index in [1.54, 1.807) is 18.2 Å². The Morgan fingerprint density at radius 2 is 1.57 bits per heavy atom. The van der Waals surface area contributed by atoms with Crippen molar-refractivity contribution in [3.63, 3.8) is 0 Å². The number of rotatable bonds is 3. The van der Waals surface area contributed by atoms with E-state index in [0.717, 1.165) is 11.1 Å². The lowest BCUT2D eigenvalue weighted by Crippen LogP contribution is -2.29. The maximum absolute atomic E-state index is 12.1. The van der Waals surface area contributed by atoms with Crippen molar-refractivity contribution in [3.05, 3.63) is 53.6 Å². The largest absolute Gasteiger partial charge is 0.397 e. The van der Waals surface area contributed by atoms with Crippen LogP contribution in [0.1, 0.15) is 30.9 Å². The maximum Gasteiger partial charge on any atom is 0.314 e. The van der Waals surface area contributed by atoms with Gasteiger partial charge in [-0.05, 0) is 42.2 Å². The predicted molar refractivity (Wildman–Crippen MR) is 93.4 cm³/mol. The van der Waals surface area contributed by atoms with Crippen LogP contribution in [0.3, 0.4) is 0 Å². The van der Waals surface area contributed by atoms with E-state index < -0.39 is 11.8 Å². The summed E-state index contributed by atoms with van der Waals surface area (Å²) in [6, 6.07) is 12.7. The van der Waals surface area contributed by atoms with Crippen molar-refractivity contribution in [2.45, 2.75) is 26.7 Å². The average molecular weight is 311 g/mol. The quantitative estimate of drug-likeness (QED) is 0.601. The fourth-order valence-electron chi connectivity index (χ4n) is 2.27. The van der Waals surface area contributed by atoms with Crippen LogP contribution < -0.4 is 16.4 Å². The molecule has 0 bridgehead atoms. The number of carbonyl (C=O) groups excluding carboxylic acids is 2. The summed E-state index contributed by atoms with van der Waals surface area (Å²) in [5.41, 5.74) is 9.28. The Morgan fingerprint density at radius 1 is 0.957 bits per heavy atom. The molecule has 0 heterocycles. The second kappa shape index (κ2) is 6.96. The van der Waals surface area contributed by atoms with Crippen LogP contribution in [0, 0.1) is 6.92 Å². The lowest BCUT2D eigenvalue weighted by molar-refractivity contribution is -0.132. The molecule has 0 aliphatic heterocycles. The van der Waals surface area contributed by atoms with E-state index in [-0.39, 0.29) is 5.92 Å². The van der Waals surface area contributed by atoms with Gasteiger partial charge in [0.05, 0.1) is 11.4 Å². The Balaban J connectivity index is 2.10. The van der Waals surface area contributed by atoms with Gasteiger partial charge in [-0.25, -0.2) is 0 Å². The van der Waals surface area contributed by atoms with E-state index in [2.05, 4.69) is 10.6 Å². The third kappa shape index (κ3) is 4.10. The molecule has 0 aromatic heterocycles. The number of amides is 2. The first-order valence-electron chi connectivity index (χ1n) is 7.46. The highest BCUT2D eigenvalue weighted by Gasteiger charge is 2.17. The van der Waals surface area contributed by atoms with Crippen molar-refractivity contribution >= 4 is 28.9 Å². The van der Waals surface area contributed by atoms with Crippen LogP contribution in [0.5, 0.6) is 0 Å². The number of para-hydroxylation sites is 1. The van der Waals surface area contributed by atoms with Crippen molar-refractivity contribution < 1.29 is 9.59 Å². The minimum absolute atomic E-state index is 0.238. The van der Waals surface area contributed by atoms with E-state index >= 15 is 0 Å². The van der Waals surface area contributed by atoms with Crippen molar-refractivity contribution in [2.75, 3.05) is 16.4 Å². The SMILES string of the molecule is Cc1ccc(NC(=O)C(=O)Nc2ccccc2C(C)C)c(N)c1. The second-order valence-electron chi connectivity index (χ2n) is 5.74. The average Bonchev–Trinajstić information content (AvgIpc) is 2.50. The molecular formula is C18H21N3O2. The molecule has 0 spiro atoms. The first kappa shape index (κ1) is 16.5. The van der Waals surface area contributed by atoms with Crippen molar-refractivity contribution in [1.29, 1.82) is 0 Å². The number of nitrogens with one attached hydrogen (secondary N) is 2. The smallest absolute Gasteiger partial charge is 0.314 e. The summed E-state index contributed by atoms with van der Waals surface area (Å²) < 4.78 is 0. The highest BCUT2D eigenvalue weighted by atomic mass is 16.2. The molecule has 4 N–H and O–H groups in total. The Hall–Kier alpha value is -2.82. The van der Waals surface area contributed by atoms with Gasteiger partial charge in [-0.2, -0.15) is 0 Å². The first-order valence-corrected chi connectivity index (χ1v) is 7.46. The Labute approximate surface area is 135 Å². The molecule has 0 saturated heterocycles. The standard InChI is InChI=1S/C18H21N3O2/c1-11(2)13-6-4-5-7-15(13)20-17(22)18(23)21-16-9-8-12(3)10-14(16)19/h4-11H,19H2,1-3H3,(H,20,22)(H,21,23). The number of hydrogen-bond acceptors (Lipinski definition) is 3. The summed E-state index contributed by atoms with van der Waals surface area (Å²) in [6.07, 6.45) is 0. The molecule has 2 aromatic rings. The molecule has 0 saturated carbocycles. The van der Waals surface area contributed by atoms with Crippen molar-refractivity contribution in [3.8, 4) is 0 Å². The fourth-order valence-corrected chi connectivity index (χ4v) is 2.27. The first-order chi connectivity index (χ1) is 10.9. The lowest BCUT2D eigenvalue weighted by atomic mass is 10.0. The molecule has 0 unspecified atom stereocenters. The summed E-state index contributed by atoms with van der Waals surface area (Å²) in [5, 5.41) is 5.18. The summed E-state index contributed by atoms with van der Waals surface area (Å²) in [5.74, 6) is -1.24. The van der Waals surface area contributed by atoms with Gasteiger partial charge in [-0.1, -0.05) is 38.1 Å². The highest BCUT2D eigenvalue weighted by Crippen LogP contribution is 2.24. The van der Waals surface area contributed by atoms with Crippen LogP contribution in [0.4, 0.5) is 17.1 Å². The van der Waals surface area contributed by atoms with Gasteiger partial charge in [0, 0.05) is 5.69 Å². The number of benzene rings is 2. The number of anilines is 3. The van der Waals surface area contributed by atoms with Gasteiger partial charge >= 0.3 is 11.8 Å². The zero-order chi connectivity index (χ0) is 17.0. The van der Waals surface area contributed by atoms with Gasteiger partial charge in [0.2, 0.25) is 0 Å². The van der Waals surface area contributed by atoms with Crippen molar-refractivity contribution in [2.24, 2.45) is 0 Å². The summed E-state index contributed by atoms with van der Waals surface area (Å²) in [6.45, 7) is 5.95. The molecule has 120 valence electrons. The van der Waals surface area contributed by atoms with E-state index in [4.69, 9.17) is 5.73 Å².